The van der Waals surface area contributed by atoms with Gasteiger partial charge in [0.15, 0.2) is 0 Å². The zero-order valence-electron chi connectivity index (χ0n) is 11.6. The molecule has 3 nitrogen and oxygen atoms in total. The number of hydrogen-bond donors (Lipinski definition) is 1. The Hall–Kier alpha value is -2.03. The third kappa shape index (κ3) is 3.71. The standard InChI is InChI=1S/C16H21N3/c1-3-19(16-6-4-5-13(2)11-16)10-9-15-8-7-14(17)12-18-15/h4-8,11-12H,3,9-10,17H2,1-2H3. The first-order chi connectivity index (χ1) is 9.19. The van der Waals surface area contributed by atoms with Crippen LogP contribution in [0.1, 0.15) is 18.2 Å². The molecule has 0 saturated heterocycles. The van der Waals surface area contributed by atoms with Gasteiger partial charge in [-0.3, -0.25) is 4.98 Å². The highest BCUT2D eigenvalue weighted by molar-refractivity contribution is 5.48. The lowest BCUT2D eigenvalue weighted by Gasteiger charge is -2.23. The van der Waals surface area contributed by atoms with E-state index in [0.717, 1.165) is 30.9 Å². The minimum atomic E-state index is 0.717. The lowest BCUT2D eigenvalue weighted by atomic mass is 10.2. The normalized spacial score (nSPS) is 10.4. The van der Waals surface area contributed by atoms with Gasteiger partial charge in [0.05, 0.1) is 11.9 Å². The Morgan fingerprint density at radius 2 is 2.05 bits per heavy atom. The van der Waals surface area contributed by atoms with Gasteiger partial charge >= 0.3 is 0 Å². The maximum Gasteiger partial charge on any atom is 0.0501 e. The quantitative estimate of drug-likeness (QED) is 0.893. The Morgan fingerprint density at radius 3 is 2.68 bits per heavy atom. The van der Waals surface area contributed by atoms with Gasteiger partial charge in [-0.1, -0.05) is 12.1 Å². The van der Waals surface area contributed by atoms with Crippen LogP contribution in [0.5, 0.6) is 0 Å². The summed E-state index contributed by atoms with van der Waals surface area (Å²) in [7, 11) is 0. The van der Waals surface area contributed by atoms with Crippen LogP contribution in [0.2, 0.25) is 0 Å². The number of hydrogen-bond acceptors (Lipinski definition) is 3. The maximum absolute atomic E-state index is 5.64. The molecule has 0 aliphatic rings. The number of benzene rings is 1. The van der Waals surface area contributed by atoms with E-state index < -0.39 is 0 Å². The molecule has 1 heterocycles. The van der Waals surface area contributed by atoms with E-state index in [-0.39, 0.29) is 0 Å². The third-order valence-corrected chi connectivity index (χ3v) is 3.23. The van der Waals surface area contributed by atoms with Crippen molar-refractivity contribution in [3.8, 4) is 0 Å². The number of rotatable bonds is 5. The molecule has 0 fully saturated rings. The van der Waals surface area contributed by atoms with Gasteiger partial charge in [-0.25, -0.2) is 0 Å². The van der Waals surface area contributed by atoms with E-state index >= 15 is 0 Å². The molecule has 0 unspecified atom stereocenters. The van der Waals surface area contributed by atoms with Crippen molar-refractivity contribution < 1.29 is 0 Å². The van der Waals surface area contributed by atoms with Crippen LogP contribution in [-0.4, -0.2) is 18.1 Å². The summed E-state index contributed by atoms with van der Waals surface area (Å²) < 4.78 is 0. The molecule has 0 bridgehead atoms. The summed E-state index contributed by atoms with van der Waals surface area (Å²) in [4.78, 5) is 6.71. The Kier molecular flexibility index (Phi) is 4.39. The monoisotopic (exact) mass is 255 g/mol. The topological polar surface area (TPSA) is 42.1 Å². The molecule has 1 aromatic carbocycles. The van der Waals surface area contributed by atoms with Gasteiger partial charge in [0.1, 0.15) is 0 Å². The van der Waals surface area contributed by atoms with Gasteiger partial charge < -0.3 is 10.6 Å². The molecule has 19 heavy (non-hydrogen) atoms. The van der Waals surface area contributed by atoms with Crippen molar-refractivity contribution in [1.82, 2.24) is 4.98 Å². The van der Waals surface area contributed by atoms with Gasteiger partial charge in [-0.15, -0.1) is 0 Å². The lowest BCUT2D eigenvalue weighted by Crippen LogP contribution is -2.25. The van der Waals surface area contributed by atoms with Gasteiger partial charge in [-0.05, 0) is 43.7 Å². The van der Waals surface area contributed by atoms with Crippen LogP contribution in [0, 0.1) is 6.92 Å². The smallest absolute Gasteiger partial charge is 0.0501 e. The zero-order valence-corrected chi connectivity index (χ0v) is 11.6. The van der Waals surface area contributed by atoms with Gasteiger partial charge in [0.25, 0.3) is 0 Å². The van der Waals surface area contributed by atoms with Crippen LogP contribution in [0.3, 0.4) is 0 Å². The summed E-state index contributed by atoms with van der Waals surface area (Å²) >= 11 is 0. The molecule has 2 N–H and O–H groups in total. The van der Waals surface area contributed by atoms with Crippen molar-refractivity contribution in [2.24, 2.45) is 0 Å². The van der Waals surface area contributed by atoms with E-state index in [1.165, 1.54) is 11.3 Å². The minimum absolute atomic E-state index is 0.717. The number of nitrogen functional groups attached to an aromatic ring is 1. The molecular formula is C16H21N3. The molecule has 3 heteroatoms. The fraction of sp³-hybridized carbons (Fsp3) is 0.312. The number of anilines is 2. The number of likely N-dealkylation sites (N-methyl/N-ethyl adjacent to an activating group) is 1. The average Bonchev–Trinajstić information content (AvgIpc) is 2.42. The van der Waals surface area contributed by atoms with Crippen molar-refractivity contribution >= 4 is 11.4 Å². The fourth-order valence-electron chi connectivity index (χ4n) is 2.13. The molecule has 1 aromatic heterocycles. The van der Waals surface area contributed by atoms with Crippen LogP contribution >= 0.6 is 0 Å². The number of pyridine rings is 1. The highest BCUT2D eigenvalue weighted by atomic mass is 15.1. The Balaban J connectivity index is 2.01. The molecule has 0 aliphatic carbocycles. The summed E-state index contributed by atoms with van der Waals surface area (Å²) in [6.45, 7) is 6.27. The van der Waals surface area contributed by atoms with Crippen molar-refractivity contribution in [2.45, 2.75) is 20.3 Å². The van der Waals surface area contributed by atoms with Crippen molar-refractivity contribution in [3.05, 3.63) is 53.9 Å². The first kappa shape index (κ1) is 13.4. The minimum Gasteiger partial charge on any atom is -0.397 e. The molecule has 0 saturated carbocycles. The summed E-state index contributed by atoms with van der Waals surface area (Å²) in [6, 6.07) is 12.5. The first-order valence-corrected chi connectivity index (χ1v) is 6.71. The second kappa shape index (κ2) is 6.23. The van der Waals surface area contributed by atoms with Gasteiger partial charge in [-0.2, -0.15) is 0 Å². The van der Waals surface area contributed by atoms with E-state index in [1.54, 1.807) is 6.20 Å². The van der Waals surface area contributed by atoms with Crippen molar-refractivity contribution in [2.75, 3.05) is 23.7 Å². The van der Waals surface area contributed by atoms with E-state index in [1.807, 2.05) is 12.1 Å². The van der Waals surface area contributed by atoms with E-state index in [2.05, 4.69) is 48.0 Å². The van der Waals surface area contributed by atoms with Gasteiger partial charge in [0.2, 0.25) is 0 Å². The first-order valence-electron chi connectivity index (χ1n) is 6.71. The van der Waals surface area contributed by atoms with E-state index in [0.29, 0.717) is 0 Å². The van der Waals surface area contributed by atoms with Crippen LogP contribution in [0.25, 0.3) is 0 Å². The van der Waals surface area contributed by atoms with Crippen molar-refractivity contribution in [3.63, 3.8) is 0 Å². The molecule has 2 rings (SSSR count). The molecular weight excluding hydrogens is 234 g/mol. The number of nitrogens with two attached hydrogens (primary N) is 1. The second-order valence-corrected chi connectivity index (χ2v) is 4.75. The van der Waals surface area contributed by atoms with Crippen LogP contribution < -0.4 is 10.6 Å². The van der Waals surface area contributed by atoms with Gasteiger partial charge in [0, 0.05) is 30.9 Å². The molecule has 0 amide bonds. The average molecular weight is 255 g/mol. The summed E-state index contributed by atoms with van der Waals surface area (Å²) in [5.74, 6) is 0. The number of nitrogens with zero attached hydrogens (tertiary/aromatic N) is 2. The predicted octanol–water partition coefficient (Wildman–Crippen LogP) is 3.04. The van der Waals surface area contributed by atoms with E-state index in [9.17, 15) is 0 Å². The molecule has 0 atom stereocenters. The Labute approximate surface area is 115 Å². The van der Waals surface area contributed by atoms with Crippen LogP contribution in [0.4, 0.5) is 11.4 Å². The summed E-state index contributed by atoms with van der Waals surface area (Å²) in [6.07, 6.45) is 2.65. The zero-order chi connectivity index (χ0) is 13.7. The fourth-order valence-corrected chi connectivity index (χ4v) is 2.13. The molecule has 0 aliphatic heterocycles. The Bertz CT molecular complexity index is 520. The van der Waals surface area contributed by atoms with Crippen LogP contribution in [-0.2, 0) is 6.42 Å². The maximum atomic E-state index is 5.64. The summed E-state index contributed by atoms with van der Waals surface area (Å²) in [5, 5.41) is 0. The lowest BCUT2D eigenvalue weighted by molar-refractivity contribution is 0.794. The molecule has 100 valence electrons. The number of aryl methyl sites for hydroxylation is 1. The van der Waals surface area contributed by atoms with E-state index in [4.69, 9.17) is 5.73 Å². The molecule has 0 radical (unpaired) electrons. The SMILES string of the molecule is CCN(CCc1ccc(N)cn1)c1cccc(C)c1. The number of aromatic nitrogens is 1. The third-order valence-electron chi connectivity index (χ3n) is 3.23. The molecule has 0 spiro atoms. The van der Waals surface area contributed by atoms with Crippen LogP contribution in [0.15, 0.2) is 42.6 Å². The predicted molar refractivity (Wildman–Crippen MR) is 81.4 cm³/mol. The highest BCUT2D eigenvalue weighted by Crippen LogP contribution is 2.16. The second-order valence-electron chi connectivity index (χ2n) is 4.75. The Morgan fingerprint density at radius 1 is 1.21 bits per heavy atom. The summed E-state index contributed by atoms with van der Waals surface area (Å²) in [5.41, 5.74) is 10.0. The largest absolute Gasteiger partial charge is 0.397 e. The van der Waals surface area contributed by atoms with Crippen molar-refractivity contribution in [1.29, 1.82) is 0 Å². The molecule has 2 aromatic rings. The highest BCUT2D eigenvalue weighted by Gasteiger charge is 2.05.